The largest absolute Gasteiger partial charge is 0.294 e. The molecular formula is C25H21N5. The second-order valence-electron chi connectivity index (χ2n) is 7.29. The van der Waals surface area contributed by atoms with Crippen LogP contribution in [0.25, 0.3) is 16.7 Å². The molecule has 5 nitrogen and oxygen atoms in total. The van der Waals surface area contributed by atoms with Crippen LogP contribution in [0.1, 0.15) is 11.1 Å². The highest BCUT2D eigenvalue weighted by molar-refractivity contribution is 5.93. The summed E-state index contributed by atoms with van der Waals surface area (Å²) in [5.74, 6) is 0.799. The van der Waals surface area contributed by atoms with E-state index >= 15 is 0 Å². The Hall–Kier alpha value is -3.99. The normalized spacial score (nSPS) is 11.0. The zero-order chi connectivity index (χ0) is 20.5. The van der Waals surface area contributed by atoms with Crippen molar-refractivity contribution in [3.05, 3.63) is 103 Å². The van der Waals surface area contributed by atoms with Crippen molar-refractivity contribution >= 4 is 28.2 Å². The van der Waals surface area contributed by atoms with E-state index in [1.807, 2.05) is 47.3 Å². The van der Waals surface area contributed by atoms with Gasteiger partial charge in [0.1, 0.15) is 6.33 Å². The number of nitrogens with zero attached hydrogens (tertiary/aromatic N) is 5. The summed E-state index contributed by atoms with van der Waals surface area (Å²) in [4.78, 5) is 11.4. The fourth-order valence-electron chi connectivity index (χ4n) is 3.78. The van der Waals surface area contributed by atoms with E-state index in [4.69, 9.17) is 0 Å². The lowest BCUT2D eigenvalue weighted by molar-refractivity contribution is 0.886. The summed E-state index contributed by atoms with van der Waals surface area (Å²) in [6, 6.07) is 26.8. The lowest BCUT2D eigenvalue weighted by Crippen LogP contribution is -2.12. The number of benzene rings is 3. The highest BCUT2D eigenvalue weighted by atomic mass is 15.3. The van der Waals surface area contributed by atoms with Crippen molar-refractivity contribution in [1.82, 2.24) is 19.7 Å². The van der Waals surface area contributed by atoms with Gasteiger partial charge in [-0.2, -0.15) is 5.10 Å². The van der Waals surface area contributed by atoms with Crippen molar-refractivity contribution in [2.45, 2.75) is 13.8 Å². The molecule has 5 aromatic rings. The Morgan fingerprint density at radius 3 is 2.07 bits per heavy atom. The van der Waals surface area contributed by atoms with Gasteiger partial charge in [0.15, 0.2) is 11.5 Å². The molecule has 2 aromatic heterocycles. The summed E-state index contributed by atoms with van der Waals surface area (Å²) in [7, 11) is 0. The van der Waals surface area contributed by atoms with Crippen LogP contribution in [-0.2, 0) is 0 Å². The van der Waals surface area contributed by atoms with Crippen molar-refractivity contribution < 1.29 is 0 Å². The van der Waals surface area contributed by atoms with Gasteiger partial charge >= 0.3 is 0 Å². The van der Waals surface area contributed by atoms with Crippen molar-refractivity contribution in [2.24, 2.45) is 0 Å². The molecule has 0 aliphatic heterocycles. The van der Waals surface area contributed by atoms with E-state index in [2.05, 4.69) is 76.3 Å². The van der Waals surface area contributed by atoms with Crippen LogP contribution in [0.15, 0.2) is 91.4 Å². The zero-order valence-corrected chi connectivity index (χ0v) is 16.9. The van der Waals surface area contributed by atoms with Gasteiger partial charge in [0.2, 0.25) is 0 Å². The van der Waals surface area contributed by atoms with Gasteiger partial charge < -0.3 is 0 Å². The van der Waals surface area contributed by atoms with Crippen LogP contribution in [0, 0.1) is 13.8 Å². The summed E-state index contributed by atoms with van der Waals surface area (Å²) in [5, 5.41) is 5.57. The lowest BCUT2D eigenvalue weighted by Gasteiger charge is -2.24. The van der Waals surface area contributed by atoms with Gasteiger partial charge in [0.25, 0.3) is 0 Å². The first-order valence-electron chi connectivity index (χ1n) is 9.89. The zero-order valence-electron chi connectivity index (χ0n) is 16.9. The monoisotopic (exact) mass is 391 g/mol. The van der Waals surface area contributed by atoms with Crippen LogP contribution in [0.5, 0.6) is 0 Å². The Labute approximate surface area is 175 Å². The molecule has 146 valence electrons. The minimum absolute atomic E-state index is 0.781. The third-order valence-corrected chi connectivity index (χ3v) is 5.17. The first-order chi connectivity index (χ1) is 14.7. The van der Waals surface area contributed by atoms with Gasteiger partial charge in [0, 0.05) is 11.4 Å². The molecule has 3 aromatic carbocycles. The number of rotatable bonds is 4. The van der Waals surface area contributed by atoms with Crippen LogP contribution >= 0.6 is 0 Å². The van der Waals surface area contributed by atoms with E-state index < -0.39 is 0 Å². The maximum Gasteiger partial charge on any atom is 0.168 e. The molecular weight excluding hydrogens is 370 g/mol. The molecule has 5 rings (SSSR count). The molecule has 0 fully saturated rings. The number of para-hydroxylation sites is 2. The molecule has 0 radical (unpaired) electrons. The summed E-state index contributed by atoms with van der Waals surface area (Å²) in [6.07, 6.45) is 3.46. The number of hydrogen-bond acceptors (Lipinski definition) is 4. The van der Waals surface area contributed by atoms with Crippen molar-refractivity contribution in [3.63, 3.8) is 0 Å². The Morgan fingerprint density at radius 1 is 0.767 bits per heavy atom. The summed E-state index contributed by atoms with van der Waals surface area (Å²) in [5.41, 5.74) is 6.24. The predicted molar refractivity (Wildman–Crippen MR) is 121 cm³/mol. The highest BCUT2D eigenvalue weighted by Crippen LogP contribution is 2.36. The smallest absolute Gasteiger partial charge is 0.168 e. The molecule has 5 heteroatoms. The molecule has 0 unspecified atom stereocenters. The second kappa shape index (κ2) is 7.44. The van der Waals surface area contributed by atoms with Gasteiger partial charge in [-0.25, -0.2) is 14.6 Å². The maximum absolute atomic E-state index is 4.67. The van der Waals surface area contributed by atoms with Gasteiger partial charge in [0.05, 0.1) is 17.3 Å². The summed E-state index contributed by atoms with van der Waals surface area (Å²) < 4.78 is 1.89. The molecule has 0 aliphatic carbocycles. The third-order valence-electron chi connectivity index (χ3n) is 5.17. The molecule has 0 atom stereocenters. The molecule has 0 aliphatic rings. The Balaban J connectivity index is 1.73. The average molecular weight is 391 g/mol. The van der Waals surface area contributed by atoms with Crippen LogP contribution < -0.4 is 4.90 Å². The van der Waals surface area contributed by atoms with Crippen LogP contribution in [0.3, 0.4) is 0 Å². The Kier molecular flexibility index (Phi) is 4.48. The summed E-state index contributed by atoms with van der Waals surface area (Å²) >= 11 is 0. The SMILES string of the molecule is Cc1ccc(-n2ncc3c(N(c4ccccc4)c4ccccc4)ncnc32)c(C)c1. The first kappa shape index (κ1) is 18.1. The van der Waals surface area contributed by atoms with E-state index in [-0.39, 0.29) is 0 Å². The van der Waals surface area contributed by atoms with Crippen molar-refractivity contribution in [2.75, 3.05) is 4.90 Å². The van der Waals surface area contributed by atoms with E-state index in [0.717, 1.165) is 39.5 Å². The van der Waals surface area contributed by atoms with E-state index in [1.165, 1.54) is 5.56 Å². The Morgan fingerprint density at radius 2 is 1.43 bits per heavy atom. The van der Waals surface area contributed by atoms with Gasteiger partial charge in [-0.1, -0.05) is 54.1 Å². The number of hydrogen-bond donors (Lipinski definition) is 0. The lowest BCUT2D eigenvalue weighted by atomic mass is 10.1. The van der Waals surface area contributed by atoms with E-state index in [0.29, 0.717) is 0 Å². The van der Waals surface area contributed by atoms with Gasteiger partial charge in [-0.3, -0.25) is 4.90 Å². The maximum atomic E-state index is 4.67. The van der Waals surface area contributed by atoms with Crippen LogP contribution in [-0.4, -0.2) is 19.7 Å². The standard InChI is InChI=1S/C25H21N5/c1-18-13-14-23(19(2)15-18)30-25-22(16-28-30)24(26-17-27-25)29(20-9-5-3-6-10-20)21-11-7-4-8-12-21/h3-17H,1-2H3. The topological polar surface area (TPSA) is 46.8 Å². The average Bonchev–Trinajstić information content (AvgIpc) is 3.20. The van der Waals surface area contributed by atoms with Crippen molar-refractivity contribution in [1.29, 1.82) is 0 Å². The fraction of sp³-hybridized carbons (Fsp3) is 0.0800. The molecule has 0 amide bonds. The molecule has 30 heavy (non-hydrogen) atoms. The molecule has 0 N–H and O–H groups in total. The van der Waals surface area contributed by atoms with E-state index in [9.17, 15) is 0 Å². The second-order valence-corrected chi connectivity index (χ2v) is 7.29. The highest BCUT2D eigenvalue weighted by Gasteiger charge is 2.19. The predicted octanol–water partition coefficient (Wildman–Crippen LogP) is 5.90. The van der Waals surface area contributed by atoms with E-state index in [1.54, 1.807) is 6.33 Å². The molecule has 2 heterocycles. The minimum atomic E-state index is 0.781. The van der Waals surface area contributed by atoms with Crippen molar-refractivity contribution in [3.8, 4) is 5.69 Å². The molecule has 0 bridgehead atoms. The van der Waals surface area contributed by atoms with Gasteiger partial charge in [-0.15, -0.1) is 0 Å². The summed E-state index contributed by atoms with van der Waals surface area (Å²) in [6.45, 7) is 4.19. The quantitative estimate of drug-likeness (QED) is 0.382. The number of anilines is 3. The molecule has 0 saturated carbocycles. The molecule has 0 saturated heterocycles. The Bertz CT molecular complexity index is 1270. The number of fused-ring (bicyclic) bond motifs is 1. The van der Waals surface area contributed by atoms with Crippen LogP contribution in [0.2, 0.25) is 0 Å². The number of aromatic nitrogens is 4. The van der Waals surface area contributed by atoms with Crippen LogP contribution in [0.4, 0.5) is 17.2 Å². The minimum Gasteiger partial charge on any atom is -0.294 e. The first-order valence-corrected chi connectivity index (χ1v) is 9.89. The third kappa shape index (κ3) is 3.10. The fourth-order valence-corrected chi connectivity index (χ4v) is 3.78. The molecule has 0 spiro atoms. The van der Waals surface area contributed by atoms with Gasteiger partial charge in [-0.05, 0) is 49.7 Å². The number of aryl methyl sites for hydroxylation is 2.